The van der Waals surface area contributed by atoms with Gasteiger partial charge in [0.05, 0.1) is 28.9 Å². The number of furan rings is 1. The number of sulfonamides is 1. The zero-order valence-corrected chi connectivity index (χ0v) is 17.0. The number of nitro groups is 1. The lowest BCUT2D eigenvalue weighted by atomic mass is 10.2. The molecule has 1 N–H and O–H groups in total. The van der Waals surface area contributed by atoms with Gasteiger partial charge in [-0.15, -0.1) is 0 Å². The largest absolute Gasteiger partial charge is 0.468 e. The molecule has 0 aliphatic carbocycles. The maximum absolute atomic E-state index is 12.4. The van der Waals surface area contributed by atoms with E-state index < -0.39 is 26.9 Å². The Labute approximate surface area is 167 Å². The summed E-state index contributed by atoms with van der Waals surface area (Å²) >= 11 is 1.56. The molecule has 1 aromatic carbocycles. The number of rotatable bonds is 10. The highest BCUT2D eigenvalue weighted by Crippen LogP contribution is 2.25. The van der Waals surface area contributed by atoms with E-state index in [0.29, 0.717) is 18.1 Å². The predicted molar refractivity (Wildman–Crippen MR) is 108 cm³/mol. The third kappa shape index (κ3) is 5.99. The average Bonchev–Trinajstić information content (AvgIpc) is 3.13. The molecule has 28 heavy (non-hydrogen) atoms. The lowest BCUT2D eigenvalue weighted by molar-refractivity contribution is -0.384. The van der Waals surface area contributed by atoms with Gasteiger partial charge in [0, 0.05) is 24.4 Å². The van der Waals surface area contributed by atoms with Crippen LogP contribution in [0, 0.1) is 10.1 Å². The van der Waals surface area contributed by atoms with Crippen LogP contribution >= 0.6 is 11.8 Å². The summed E-state index contributed by atoms with van der Waals surface area (Å²) in [4.78, 5) is 22.8. The van der Waals surface area contributed by atoms with Crippen molar-refractivity contribution < 1.29 is 22.6 Å². The van der Waals surface area contributed by atoms with Crippen LogP contribution in [0.5, 0.6) is 0 Å². The second-order valence-corrected chi connectivity index (χ2v) is 8.90. The van der Waals surface area contributed by atoms with Crippen molar-refractivity contribution in [2.75, 3.05) is 22.9 Å². The molecule has 152 valence electrons. The number of nitro benzene ring substituents is 1. The van der Waals surface area contributed by atoms with Crippen molar-refractivity contribution in [2.24, 2.45) is 0 Å². The van der Waals surface area contributed by atoms with Gasteiger partial charge in [-0.3, -0.25) is 19.2 Å². The van der Waals surface area contributed by atoms with Gasteiger partial charge < -0.3 is 9.73 Å². The number of benzene rings is 1. The van der Waals surface area contributed by atoms with E-state index in [2.05, 4.69) is 5.32 Å². The second kappa shape index (κ2) is 9.60. The number of hydrogen-bond acceptors (Lipinski definition) is 7. The SMILES string of the molecule is C[C@@H](C(=O)NCCSCc1ccco1)N(c1cccc([N+](=O)[O-])c1)S(C)(=O)=O. The zero-order chi connectivity index (χ0) is 20.7. The van der Waals surface area contributed by atoms with E-state index in [1.54, 1.807) is 24.1 Å². The molecular formula is C17H21N3O6S2. The summed E-state index contributed by atoms with van der Waals surface area (Å²) in [5, 5.41) is 13.7. The Bertz CT molecular complexity index is 915. The van der Waals surface area contributed by atoms with Gasteiger partial charge in [0.1, 0.15) is 11.8 Å². The summed E-state index contributed by atoms with van der Waals surface area (Å²) in [7, 11) is -3.84. The quantitative estimate of drug-likeness (QED) is 0.351. The molecule has 0 unspecified atom stereocenters. The van der Waals surface area contributed by atoms with Gasteiger partial charge in [0.2, 0.25) is 15.9 Å². The normalized spacial score (nSPS) is 12.4. The van der Waals surface area contributed by atoms with Crippen molar-refractivity contribution in [3.8, 4) is 0 Å². The highest BCUT2D eigenvalue weighted by Gasteiger charge is 2.29. The Balaban J connectivity index is 2.00. The minimum atomic E-state index is -3.84. The highest BCUT2D eigenvalue weighted by molar-refractivity contribution is 7.98. The number of thioether (sulfide) groups is 1. The number of hydrogen-bond donors (Lipinski definition) is 1. The van der Waals surface area contributed by atoms with Crippen LogP contribution in [0.2, 0.25) is 0 Å². The predicted octanol–water partition coefficient (Wildman–Crippen LogP) is 2.39. The summed E-state index contributed by atoms with van der Waals surface area (Å²) in [6.45, 7) is 1.78. The van der Waals surface area contributed by atoms with E-state index in [0.717, 1.165) is 22.4 Å². The number of carbonyl (C=O) groups is 1. The molecule has 0 radical (unpaired) electrons. The van der Waals surface area contributed by atoms with Gasteiger partial charge >= 0.3 is 0 Å². The van der Waals surface area contributed by atoms with E-state index in [4.69, 9.17) is 4.42 Å². The van der Waals surface area contributed by atoms with Gasteiger partial charge in [-0.25, -0.2) is 8.42 Å². The average molecular weight is 428 g/mol. The molecular weight excluding hydrogens is 406 g/mol. The van der Waals surface area contributed by atoms with Crippen LogP contribution < -0.4 is 9.62 Å². The summed E-state index contributed by atoms with van der Waals surface area (Å²) in [6.07, 6.45) is 2.54. The lowest BCUT2D eigenvalue weighted by Gasteiger charge is -2.28. The molecule has 2 aromatic rings. The van der Waals surface area contributed by atoms with Crippen LogP contribution in [-0.4, -0.2) is 43.8 Å². The van der Waals surface area contributed by atoms with E-state index >= 15 is 0 Å². The molecule has 2 rings (SSSR count). The number of anilines is 1. The minimum Gasteiger partial charge on any atom is -0.468 e. The van der Waals surface area contributed by atoms with Crippen LogP contribution in [-0.2, 0) is 20.6 Å². The minimum absolute atomic E-state index is 0.0616. The van der Waals surface area contributed by atoms with Crippen molar-refractivity contribution >= 4 is 39.1 Å². The Kier molecular flexibility index (Phi) is 7.46. The molecule has 0 saturated heterocycles. The smallest absolute Gasteiger partial charge is 0.271 e. The molecule has 0 aliphatic rings. The van der Waals surface area contributed by atoms with Crippen molar-refractivity contribution in [2.45, 2.75) is 18.7 Å². The third-order valence-corrected chi connectivity index (χ3v) is 5.98. The van der Waals surface area contributed by atoms with Gasteiger partial charge in [-0.1, -0.05) is 6.07 Å². The van der Waals surface area contributed by atoms with Crippen molar-refractivity contribution in [3.05, 3.63) is 58.5 Å². The highest BCUT2D eigenvalue weighted by atomic mass is 32.2. The molecule has 9 nitrogen and oxygen atoms in total. The lowest BCUT2D eigenvalue weighted by Crippen LogP contribution is -2.48. The number of nitrogens with zero attached hydrogens (tertiary/aromatic N) is 2. The van der Waals surface area contributed by atoms with Gasteiger partial charge in [0.15, 0.2) is 0 Å². The maximum Gasteiger partial charge on any atom is 0.271 e. The summed E-state index contributed by atoms with van der Waals surface area (Å²) < 4.78 is 30.6. The first-order valence-electron chi connectivity index (χ1n) is 8.32. The Morgan fingerprint density at radius 3 is 2.71 bits per heavy atom. The van der Waals surface area contributed by atoms with Crippen molar-refractivity contribution in [3.63, 3.8) is 0 Å². The molecule has 0 bridgehead atoms. The molecule has 0 spiro atoms. The number of carbonyl (C=O) groups excluding carboxylic acids is 1. The first-order chi connectivity index (χ1) is 13.2. The third-order valence-electron chi connectivity index (χ3n) is 3.75. The fraction of sp³-hybridized carbons (Fsp3) is 0.353. The monoisotopic (exact) mass is 427 g/mol. The molecule has 1 atom stereocenters. The Morgan fingerprint density at radius 2 is 2.11 bits per heavy atom. The number of non-ortho nitro benzene ring substituents is 1. The Morgan fingerprint density at radius 1 is 1.36 bits per heavy atom. The second-order valence-electron chi connectivity index (χ2n) is 5.93. The van der Waals surface area contributed by atoms with E-state index in [9.17, 15) is 23.3 Å². The standard InChI is InChI=1S/C17H21N3O6S2/c1-13(17(21)18-8-10-27-12-16-7-4-9-26-16)19(28(2,24)25)14-5-3-6-15(11-14)20(22)23/h3-7,9,11,13H,8,10,12H2,1-2H3,(H,18,21)/t13-/m0/s1. The van der Waals surface area contributed by atoms with E-state index in [1.807, 2.05) is 6.07 Å². The summed E-state index contributed by atoms with van der Waals surface area (Å²) in [5.74, 6) is 1.63. The fourth-order valence-electron chi connectivity index (χ4n) is 2.51. The molecule has 1 aromatic heterocycles. The Hall–Kier alpha value is -2.53. The fourth-order valence-corrected chi connectivity index (χ4v) is 4.44. The molecule has 0 saturated carbocycles. The van der Waals surface area contributed by atoms with Crippen LogP contribution in [0.3, 0.4) is 0 Å². The van der Waals surface area contributed by atoms with Crippen LogP contribution in [0.25, 0.3) is 0 Å². The molecule has 0 fully saturated rings. The maximum atomic E-state index is 12.4. The number of nitrogens with one attached hydrogen (secondary N) is 1. The van der Waals surface area contributed by atoms with Crippen LogP contribution in [0.1, 0.15) is 12.7 Å². The van der Waals surface area contributed by atoms with E-state index in [-0.39, 0.29) is 11.4 Å². The summed E-state index contributed by atoms with van der Waals surface area (Å²) in [5.41, 5.74) is -0.195. The molecule has 11 heteroatoms. The van der Waals surface area contributed by atoms with Gasteiger partial charge in [-0.05, 0) is 25.1 Å². The van der Waals surface area contributed by atoms with Gasteiger partial charge in [0.25, 0.3) is 5.69 Å². The number of amides is 1. The zero-order valence-electron chi connectivity index (χ0n) is 15.4. The first kappa shape index (κ1) is 21.8. The summed E-state index contributed by atoms with van der Waals surface area (Å²) in [6, 6.07) is 7.77. The van der Waals surface area contributed by atoms with Gasteiger partial charge in [-0.2, -0.15) is 11.8 Å². The molecule has 1 amide bonds. The van der Waals surface area contributed by atoms with Crippen LogP contribution in [0.15, 0.2) is 47.1 Å². The topological polar surface area (TPSA) is 123 Å². The van der Waals surface area contributed by atoms with Crippen molar-refractivity contribution in [1.29, 1.82) is 0 Å². The van der Waals surface area contributed by atoms with Crippen molar-refractivity contribution in [1.82, 2.24) is 5.32 Å². The molecule has 1 heterocycles. The first-order valence-corrected chi connectivity index (χ1v) is 11.3. The van der Waals surface area contributed by atoms with Crippen LogP contribution in [0.4, 0.5) is 11.4 Å². The van der Waals surface area contributed by atoms with E-state index in [1.165, 1.54) is 25.1 Å². The molecule has 0 aliphatic heterocycles.